The van der Waals surface area contributed by atoms with Crippen LogP contribution in [0.1, 0.15) is 30.5 Å². The topological polar surface area (TPSA) is 63.6 Å². The number of thiazole rings is 1. The summed E-state index contributed by atoms with van der Waals surface area (Å²) in [5.74, 6) is 1.44. The second kappa shape index (κ2) is 9.89. The fourth-order valence-corrected chi connectivity index (χ4v) is 4.33. The van der Waals surface area contributed by atoms with Crippen LogP contribution in [0.2, 0.25) is 0 Å². The summed E-state index contributed by atoms with van der Waals surface area (Å²) >= 11 is 1.19. The number of aromatic nitrogens is 1. The maximum atomic E-state index is 12.1. The average molecular weight is 404 g/mol. The molecule has 0 aliphatic carbocycles. The number of hydrogen-bond acceptors (Lipinski definition) is 5. The number of aryl methyl sites for hydroxylation is 1. The molecule has 7 heteroatoms. The van der Waals surface area contributed by atoms with Gasteiger partial charge >= 0.3 is 4.87 Å². The first-order chi connectivity index (χ1) is 13.5. The van der Waals surface area contributed by atoms with Crippen LogP contribution in [0.15, 0.2) is 34.4 Å². The van der Waals surface area contributed by atoms with E-state index in [2.05, 4.69) is 22.3 Å². The van der Waals surface area contributed by atoms with Crippen LogP contribution in [0.3, 0.4) is 0 Å². The van der Waals surface area contributed by atoms with Crippen LogP contribution in [0.4, 0.5) is 0 Å². The molecule has 152 valence electrons. The molecule has 0 spiro atoms. The van der Waals surface area contributed by atoms with Gasteiger partial charge in [0.2, 0.25) is 5.91 Å². The molecule has 1 aliphatic rings. The van der Waals surface area contributed by atoms with Gasteiger partial charge in [0.15, 0.2) is 0 Å². The van der Waals surface area contributed by atoms with E-state index in [0.29, 0.717) is 18.9 Å². The third-order valence-corrected chi connectivity index (χ3v) is 6.28. The molecule has 28 heavy (non-hydrogen) atoms. The van der Waals surface area contributed by atoms with Crippen molar-refractivity contribution < 1.29 is 9.53 Å². The third-order valence-electron chi connectivity index (χ3n) is 5.40. The Balaban J connectivity index is 1.34. The lowest BCUT2D eigenvalue weighted by molar-refractivity contribution is -0.121. The van der Waals surface area contributed by atoms with Gasteiger partial charge in [-0.3, -0.25) is 14.5 Å². The first-order valence-electron chi connectivity index (χ1n) is 9.82. The van der Waals surface area contributed by atoms with Crippen molar-refractivity contribution in [2.45, 2.75) is 39.3 Å². The van der Waals surface area contributed by atoms with Crippen molar-refractivity contribution in [3.63, 3.8) is 0 Å². The molecule has 0 unspecified atom stereocenters. The Labute approximate surface area is 170 Å². The maximum absolute atomic E-state index is 12.1. The highest BCUT2D eigenvalue weighted by Gasteiger charge is 2.20. The van der Waals surface area contributed by atoms with E-state index >= 15 is 0 Å². The van der Waals surface area contributed by atoms with E-state index in [9.17, 15) is 9.59 Å². The van der Waals surface area contributed by atoms with Gasteiger partial charge in [0.1, 0.15) is 5.75 Å². The van der Waals surface area contributed by atoms with Crippen LogP contribution in [-0.4, -0.2) is 42.1 Å². The molecule has 0 atom stereocenters. The molecule has 2 heterocycles. The highest BCUT2D eigenvalue weighted by molar-refractivity contribution is 7.07. The average Bonchev–Trinajstić information content (AvgIpc) is 3.04. The summed E-state index contributed by atoms with van der Waals surface area (Å²) in [6.45, 7) is 6.15. The summed E-state index contributed by atoms with van der Waals surface area (Å²) in [6.07, 6.45) is 2.55. The van der Waals surface area contributed by atoms with Crippen LogP contribution in [0.25, 0.3) is 0 Å². The summed E-state index contributed by atoms with van der Waals surface area (Å²) in [7, 11) is 1.68. The molecule has 1 amide bonds. The Hall–Kier alpha value is -2.12. The van der Waals surface area contributed by atoms with E-state index in [0.717, 1.165) is 50.5 Å². The highest BCUT2D eigenvalue weighted by atomic mass is 32.1. The zero-order valence-corrected chi connectivity index (χ0v) is 17.5. The lowest BCUT2D eigenvalue weighted by Crippen LogP contribution is -2.38. The predicted molar refractivity (Wildman–Crippen MR) is 112 cm³/mol. The molecule has 0 bridgehead atoms. The van der Waals surface area contributed by atoms with Crippen LogP contribution >= 0.6 is 11.3 Å². The number of hydrogen-bond donors (Lipinski definition) is 1. The van der Waals surface area contributed by atoms with Crippen LogP contribution < -0.4 is 14.9 Å². The number of nitrogens with zero attached hydrogens (tertiary/aromatic N) is 2. The van der Waals surface area contributed by atoms with Gasteiger partial charge in [0.05, 0.1) is 7.11 Å². The molecule has 3 rings (SSSR count). The number of amides is 1. The fourth-order valence-electron chi connectivity index (χ4n) is 3.57. The number of piperidine rings is 1. The second-order valence-corrected chi connectivity index (χ2v) is 8.24. The van der Waals surface area contributed by atoms with Gasteiger partial charge in [0, 0.05) is 37.1 Å². The van der Waals surface area contributed by atoms with Crippen molar-refractivity contribution in [3.8, 4) is 5.75 Å². The molecular formula is C21H29N3O3S. The van der Waals surface area contributed by atoms with Crippen molar-refractivity contribution in [1.82, 2.24) is 14.8 Å². The minimum atomic E-state index is 0.00883. The second-order valence-electron chi connectivity index (χ2n) is 7.42. The Morgan fingerprint density at radius 2 is 1.96 bits per heavy atom. The van der Waals surface area contributed by atoms with Crippen LogP contribution in [0.5, 0.6) is 5.75 Å². The van der Waals surface area contributed by atoms with E-state index in [-0.39, 0.29) is 10.8 Å². The molecule has 0 saturated carbocycles. The number of methoxy groups -OCH3 is 1. The van der Waals surface area contributed by atoms with Crippen molar-refractivity contribution >= 4 is 17.2 Å². The normalized spacial score (nSPS) is 15.5. The predicted octanol–water partition coefficient (Wildman–Crippen LogP) is 2.65. The fraction of sp³-hybridized carbons (Fsp3) is 0.524. The standard InChI is InChI=1S/C21H29N3O3S/c1-16-15-28-21(26)24(16)12-9-20(25)22-13-17-7-10-23(11-8-17)14-18-3-5-19(27-2)6-4-18/h3-6,15,17H,7-14H2,1-2H3,(H,22,25). The Kier molecular flexibility index (Phi) is 7.28. The number of rotatable bonds is 8. The van der Waals surface area contributed by atoms with Crippen molar-refractivity contribution in [2.24, 2.45) is 5.92 Å². The van der Waals surface area contributed by atoms with Gasteiger partial charge in [-0.1, -0.05) is 23.5 Å². The molecular weight excluding hydrogens is 374 g/mol. The zero-order chi connectivity index (χ0) is 19.9. The molecule has 6 nitrogen and oxygen atoms in total. The number of nitrogens with one attached hydrogen (secondary N) is 1. The number of carbonyl (C=O) groups excluding carboxylic acids is 1. The van der Waals surface area contributed by atoms with E-state index in [1.54, 1.807) is 11.7 Å². The highest BCUT2D eigenvalue weighted by Crippen LogP contribution is 2.19. The van der Waals surface area contributed by atoms with Crippen LogP contribution in [-0.2, 0) is 17.9 Å². The lowest BCUT2D eigenvalue weighted by Gasteiger charge is -2.32. The molecule has 1 aromatic heterocycles. The van der Waals surface area contributed by atoms with E-state index < -0.39 is 0 Å². The summed E-state index contributed by atoms with van der Waals surface area (Å²) in [6, 6.07) is 8.24. The molecule has 1 fully saturated rings. The van der Waals surface area contributed by atoms with E-state index in [4.69, 9.17) is 4.74 Å². The number of likely N-dealkylation sites (tertiary alicyclic amines) is 1. The Morgan fingerprint density at radius 1 is 1.25 bits per heavy atom. The molecule has 1 N–H and O–H groups in total. The maximum Gasteiger partial charge on any atom is 0.307 e. The minimum absolute atomic E-state index is 0.00883. The minimum Gasteiger partial charge on any atom is -0.497 e. The van der Waals surface area contributed by atoms with Gasteiger partial charge in [-0.2, -0.15) is 0 Å². The van der Waals surface area contributed by atoms with Gasteiger partial charge in [0.25, 0.3) is 0 Å². The summed E-state index contributed by atoms with van der Waals surface area (Å²) < 4.78 is 6.87. The molecule has 1 aliphatic heterocycles. The van der Waals surface area contributed by atoms with Gasteiger partial charge < -0.3 is 14.6 Å². The van der Waals surface area contributed by atoms with E-state index in [1.807, 2.05) is 24.4 Å². The first-order valence-corrected chi connectivity index (χ1v) is 10.7. The number of carbonyl (C=O) groups is 1. The summed E-state index contributed by atoms with van der Waals surface area (Å²) in [5, 5.41) is 4.88. The smallest absolute Gasteiger partial charge is 0.307 e. The van der Waals surface area contributed by atoms with E-state index in [1.165, 1.54) is 16.9 Å². The monoisotopic (exact) mass is 403 g/mol. The summed E-state index contributed by atoms with van der Waals surface area (Å²) in [5.41, 5.74) is 2.22. The van der Waals surface area contributed by atoms with Gasteiger partial charge in [-0.05, 0) is 56.5 Å². The SMILES string of the molecule is COc1ccc(CN2CCC(CNC(=O)CCn3c(C)csc3=O)CC2)cc1. The quantitative estimate of drug-likeness (QED) is 0.736. The third kappa shape index (κ3) is 5.69. The Morgan fingerprint density at radius 3 is 2.57 bits per heavy atom. The Bertz CT molecular complexity index is 820. The zero-order valence-electron chi connectivity index (χ0n) is 16.6. The largest absolute Gasteiger partial charge is 0.497 e. The van der Waals surface area contributed by atoms with Crippen molar-refractivity contribution in [3.05, 3.63) is 50.6 Å². The van der Waals surface area contributed by atoms with Crippen molar-refractivity contribution in [1.29, 1.82) is 0 Å². The first kappa shape index (κ1) is 20.6. The number of ether oxygens (including phenoxy) is 1. The van der Waals surface area contributed by atoms with Gasteiger partial charge in [-0.25, -0.2) is 0 Å². The molecule has 1 saturated heterocycles. The van der Waals surface area contributed by atoms with Gasteiger partial charge in [-0.15, -0.1) is 0 Å². The number of benzene rings is 1. The van der Waals surface area contributed by atoms with Crippen LogP contribution in [0, 0.1) is 12.8 Å². The van der Waals surface area contributed by atoms with Crippen molar-refractivity contribution in [2.75, 3.05) is 26.7 Å². The molecule has 1 aromatic carbocycles. The molecule has 0 radical (unpaired) electrons. The lowest BCUT2D eigenvalue weighted by atomic mass is 9.96. The summed E-state index contributed by atoms with van der Waals surface area (Å²) in [4.78, 5) is 26.3. The molecule has 2 aromatic rings.